The smallest absolute Gasteiger partial charge is 0.230 e. The molecule has 0 unspecified atom stereocenters. The Morgan fingerprint density at radius 2 is 2.11 bits per heavy atom. The molecule has 92 valence electrons. The monoisotopic (exact) mass is 242 g/mol. The predicted octanol–water partition coefficient (Wildman–Crippen LogP) is 1.89. The molecule has 0 amide bonds. The van der Waals surface area contributed by atoms with Gasteiger partial charge in [0.25, 0.3) is 0 Å². The maximum atomic E-state index is 4.42. The van der Waals surface area contributed by atoms with Gasteiger partial charge in [0.1, 0.15) is 18.0 Å². The maximum absolute atomic E-state index is 4.42. The molecule has 2 N–H and O–H groups in total. The molecule has 18 heavy (non-hydrogen) atoms. The van der Waals surface area contributed by atoms with Gasteiger partial charge in [-0.3, -0.25) is 0 Å². The summed E-state index contributed by atoms with van der Waals surface area (Å²) in [5.74, 6) is 2.10. The molecule has 2 heterocycles. The van der Waals surface area contributed by atoms with Crippen molar-refractivity contribution in [2.45, 2.75) is 25.8 Å². The zero-order valence-electron chi connectivity index (χ0n) is 10.1. The summed E-state index contributed by atoms with van der Waals surface area (Å²) in [5, 5.41) is 6.42. The maximum Gasteiger partial charge on any atom is 0.230 e. The van der Waals surface area contributed by atoms with Gasteiger partial charge in [-0.1, -0.05) is 0 Å². The van der Waals surface area contributed by atoms with Gasteiger partial charge in [-0.15, -0.1) is 0 Å². The molecular formula is C12H14N6. The summed E-state index contributed by atoms with van der Waals surface area (Å²) in [7, 11) is 0. The molecule has 0 aromatic carbocycles. The Bertz CT molecular complexity index is 538. The van der Waals surface area contributed by atoms with Crippen LogP contribution < -0.4 is 10.6 Å². The van der Waals surface area contributed by atoms with Crippen molar-refractivity contribution in [2.75, 3.05) is 10.6 Å². The SMILES string of the molecule is Cc1cc(NC2CC2)nc(Nc2ccncn2)n1. The fourth-order valence-corrected chi connectivity index (χ4v) is 1.61. The Hall–Kier alpha value is -2.24. The molecule has 1 aliphatic rings. The van der Waals surface area contributed by atoms with Crippen molar-refractivity contribution in [3.63, 3.8) is 0 Å². The fraction of sp³-hybridized carbons (Fsp3) is 0.333. The number of aromatic nitrogens is 4. The Labute approximate surface area is 105 Å². The second-order valence-corrected chi connectivity index (χ2v) is 4.36. The van der Waals surface area contributed by atoms with Gasteiger partial charge in [-0.25, -0.2) is 15.0 Å². The van der Waals surface area contributed by atoms with Crippen molar-refractivity contribution in [2.24, 2.45) is 0 Å². The number of anilines is 3. The van der Waals surface area contributed by atoms with Crippen LogP contribution in [0, 0.1) is 6.92 Å². The highest BCUT2D eigenvalue weighted by molar-refractivity contribution is 5.51. The first-order valence-corrected chi connectivity index (χ1v) is 5.95. The lowest BCUT2D eigenvalue weighted by Gasteiger charge is -2.08. The molecular weight excluding hydrogens is 228 g/mol. The third-order valence-corrected chi connectivity index (χ3v) is 2.61. The highest BCUT2D eigenvalue weighted by Gasteiger charge is 2.21. The summed E-state index contributed by atoms with van der Waals surface area (Å²) in [4.78, 5) is 16.7. The van der Waals surface area contributed by atoms with Crippen molar-refractivity contribution in [1.29, 1.82) is 0 Å². The third-order valence-electron chi connectivity index (χ3n) is 2.61. The fourth-order valence-electron chi connectivity index (χ4n) is 1.61. The summed E-state index contributed by atoms with van der Waals surface area (Å²) in [6.07, 6.45) is 5.60. The summed E-state index contributed by atoms with van der Waals surface area (Å²) < 4.78 is 0. The minimum atomic E-state index is 0.553. The number of nitrogens with one attached hydrogen (secondary N) is 2. The molecule has 0 bridgehead atoms. The quantitative estimate of drug-likeness (QED) is 0.852. The van der Waals surface area contributed by atoms with E-state index in [1.54, 1.807) is 12.3 Å². The molecule has 6 nitrogen and oxygen atoms in total. The summed E-state index contributed by atoms with van der Waals surface area (Å²) in [6.45, 7) is 1.95. The Kier molecular flexibility index (Phi) is 2.76. The first kappa shape index (κ1) is 10.9. The number of aryl methyl sites for hydroxylation is 1. The standard InChI is InChI=1S/C12H14N6/c1-8-6-11(16-9-2-3-9)18-12(15-8)17-10-4-5-13-7-14-10/h4-7,9H,2-3H2,1H3,(H2,13,14,15,16,17,18). The van der Waals surface area contributed by atoms with E-state index < -0.39 is 0 Å². The van der Waals surface area contributed by atoms with E-state index in [2.05, 4.69) is 30.6 Å². The van der Waals surface area contributed by atoms with Gasteiger partial charge in [0.15, 0.2) is 0 Å². The normalized spacial score (nSPS) is 14.3. The van der Waals surface area contributed by atoms with Crippen molar-refractivity contribution < 1.29 is 0 Å². The van der Waals surface area contributed by atoms with E-state index in [9.17, 15) is 0 Å². The molecule has 0 atom stereocenters. The molecule has 1 aliphatic carbocycles. The molecule has 0 aliphatic heterocycles. The van der Waals surface area contributed by atoms with Crippen LogP contribution in [-0.2, 0) is 0 Å². The number of hydrogen-bond donors (Lipinski definition) is 2. The molecule has 0 spiro atoms. The van der Waals surface area contributed by atoms with Gasteiger partial charge in [0.2, 0.25) is 5.95 Å². The van der Waals surface area contributed by atoms with E-state index in [1.807, 2.05) is 13.0 Å². The highest BCUT2D eigenvalue weighted by atomic mass is 15.2. The van der Waals surface area contributed by atoms with Gasteiger partial charge < -0.3 is 10.6 Å². The molecule has 1 fully saturated rings. The van der Waals surface area contributed by atoms with Gasteiger partial charge >= 0.3 is 0 Å². The molecule has 2 aromatic rings. The van der Waals surface area contributed by atoms with E-state index in [0.29, 0.717) is 17.8 Å². The van der Waals surface area contributed by atoms with Crippen LogP contribution >= 0.6 is 0 Å². The predicted molar refractivity (Wildman–Crippen MR) is 68.7 cm³/mol. The van der Waals surface area contributed by atoms with E-state index in [4.69, 9.17) is 0 Å². The minimum absolute atomic E-state index is 0.553. The largest absolute Gasteiger partial charge is 0.367 e. The van der Waals surface area contributed by atoms with Crippen LogP contribution in [0.2, 0.25) is 0 Å². The zero-order chi connectivity index (χ0) is 12.4. The Morgan fingerprint density at radius 3 is 2.83 bits per heavy atom. The molecule has 3 rings (SSSR count). The third kappa shape index (κ3) is 2.71. The molecule has 0 saturated heterocycles. The minimum Gasteiger partial charge on any atom is -0.367 e. The van der Waals surface area contributed by atoms with Crippen LogP contribution in [0.1, 0.15) is 18.5 Å². The van der Waals surface area contributed by atoms with Crippen LogP contribution in [0.15, 0.2) is 24.7 Å². The first-order chi connectivity index (χ1) is 8.79. The zero-order valence-corrected chi connectivity index (χ0v) is 10.1. The first-order valence-electron chi connectivity index (χ1n) is 5.95. The molecule has 6 heteroatoms. The Morgan fingerprint density at radius 1 is 1.22 bits per heavy atom. The van der Waals surface area contributed by atoms with Gasteiger partial charge in [-0.05, 0) is 25.8 Å². The lowest BCUT2D eigenvalue weighted by Crippen LogP contribution is -2.07. The average Bonchev–Trinajstić information content (AvgIpc) is 3.13. The van der Waals surface area contributed by atoms with Crippen LogP contribution in [0.4, 0.5) is 17.6 Å². The van der Waals surface area contributed by atoms with Crippen LogP contribution in [0.25, 0.3) is 0 Å². The van der Waals surface area contributed by atoms with E-state index in [1.165, 1.54) is 19.2 Å². The summed E-state index contributed by atoms with van der Waals surface area (Å²) >= 11 is 0. The van der Waals surface area contributed by atoms with Gasteiger partial charge in [0.05, 0.1) is 0 Å². The number of hydrogen-bond acceptors (Lipinski definition) is 6. The lowest BCUT2D eigenvalue weighted by molar-refractivity contribution is 1.05. The number of nitrogens with zero attached hydrogens (tertiary/aromatic N) is 4. The highest BCUT2D eigenvalue weighted by Crippen LogP contribution is 2.24. The van der Waals surface area contributed by atoms with Crippen molar-refractivity contribution >= 4 is 17.6 Å². The van der Waals surface area contributed by atoms with Crippen LogP contribution in [0.3, 0.4) is 0 Å². The van der Waals surface area contributed by atoms with Crippen LogP contribution in [-0.4, -0.2) is 26.0 Å². The summed E-state index contributed by atoms with van der Waals surface area (Å²) in [5.41, 5.74) is 0.921. The second kappa shape index (κ2) is 4.56. The van der Waals surface area contributed by atoms with Crippen molar-refractivity contribution in [1.82, 2.24) is 19.9 Å². The number of rotatable bonds is 4. The van der Waals surface area contributed by atoms with E-state index >= 15 is 0 Å². The van der Waals surface area contributed by atoms with Crippen LogP contribution in [0.5, 0.6) is 0 Å². The van der Waals surface area contributed by atoms with Gasteiger partial charge in [0, 0.05) is 24.0 Å². The van der Waals surface area contributed by atoms with E-state index in [-0.39, 0.29) is 0 Å². The van der Waals surface area contributed by atoms with E-state index in [0.717, 1.165) is 11.5 Å². The Balaban J connectivity index is 1.80. The molecule has 2 aromatic heterocycles. The lowest BCUT2D eigenvalue weighted by atomic mass is 10.4. The van der Waals surface area contributed by atoms with Gasteiger partial charge in [-0.2, -0.15) is 4.98 Å². The molecule has 0 radical (unpaired) electrons. The second-order valence-electron chi connectivity index (χ2n) is 4.36. The topological polar surface area (TPSA) is 75.6 Å². The average molecular weight is 242 g/mol. The summed E-state index contributed by atoms with van der Waals surface area (Å²) in [6, 6.07) is 4.30. The van der Waals surface area contributed by atoms with Crippen molar-refractivity contribution in [3.05, 3.63) is 30.4 Å². The van der Waals surface area contributed by atoms with Crippen molar-refractivity contribution in [3.8, 4) is 0 Å². The molecule has 1 saturated carbocycles.